The van der Waals surface area contributed by atoms with Crippen LogP contribution in [0.1, 0.15) is 11.1 Å². The first kappa shape index (κ1) is 14.5. The molecule has 2 aliphatic rings. The topological polar surface area (TPSA) is 53.0 Å². The van der Waals surface area contributed by atoms with Crippen molar-refractivity contribution < 1.29 is 14.6 Å². The molecule has 0 saturated carbocycles. The first-order valence-corrected chi connectivity index (χ1v) is 7.58. The minimum absolute atomic E-state index is 0.402. The van der Waals surface area contributed by atoms with Gasteiger partial charge < -0.3 is 9.84 Å². The van der Waals surface area contributed by atoms with Gasteiger partial charge in [0.05, 0.1) is 13.2 Å². The van der Waals surface area contributed by atoms with Crippen LogP contribution in [0, 0.1) is 0 Å². The molecule has 1 fully saturated rings. The zero-order valence-corrected chi connectivity index (χ0v) is 12.2. The van der Waals surface area contributed by atoms with E-state index in [1.807, 2.05) is 18.2 Å². The molecule has 1 aromatic rings. The number of morpholine rings is 1. The van der Waals surface area contributed by atoms with Gasteiger partial charge in [-0.3, -0.25) is 14.6 Å². The third-order valence-electron chi connectivity index (χ3n) is 4.44. The van der Waals surface area contributed by atoms with E-state index in [1.54, 1.807) is 0 Å². The summed E-state index contributed by atoms with van der Waals surface area (Å²) in [6, 6.07) is 7.77. The molecule has 1 saturated heterocycles. The molecule has 5 nitrogen and oxygen atoms in total. The fourth-order valence-electron chi connectivity index (χ4n) is 3.15. The highest BCUT2D eigenvalue weighted by Gasteiger charge is 2.31. The molecule has 1 unspecified atom stereocenters. The van der Waals surface area contributed by atoms with Crippen molar-refractivity contribution in [2.75, 3.05) is 39.4 Å². The monoisotopic (exact) mass is 290 g/mol. The van der Waals surface area contributed by atoms with Crippen molar-refractivity contribution in [2.45, 2.75) is 19.0 Å². The molecule has 21 heavy (non-hydrogen) atoms. The molecule has 3 rings (SSSR count). The molecule has 0 aromatic heterocycles. The number of carboxylic acid groups (broad SMARTS) is 1. The fraction of sp³-hybridized carbons (Fsp3) is 0.562. The maximum absolute atomic E-state index is 11.6. The zero-order valence-electron chi connectivity index (χ0n) is 12.2. The highest BCUT2D eigenvalue weighted by Crippen LogP contribution is 2.23. The second-order valence-corrected chi connectivity index (χ2v) is 5.75. The van der Waals surface area contributed by atoms with Crippen LogP contribution in [-0.2, 0) is 22.5 Å². The minimum Gasteiger partial charge on any atom is -0.480 e. The average molecular weight is 290 g/mol. The molecule has 5 heteroatoms. The molecule has 0 aliphatic carbocycles. The SMILES string of the molecule is O=C(O)C1Cc2ccccc2CN1CCN1CCOCC1. The van der Waals surface area contributed by atoms with Crippen LogP contribution in [0.25, 0.3) is 0 Å². The van der Waals surface area contributed by atoms with Crippen molar-refractivity contribution in [2.24, 2.45) is 0 Å². The van der Waals surface area contributed by atoms with Gasteiger partial charge in [-0.25, -0.2) is 0 Å². The van der Waals surface area contributed by atoms with Gasteiger partial charge in [0.15, 0.2) is 0 Å². The van der Waals surface area contributed by atoms with Gasteiger partial charge in [-0.05, 0) is 17.5 Å². The molecule has 0 amide bonds. The highest BCUT2D eigenvalue weighted by molar-refractivity contribution is 5.74. The summed E-state index contributed by atoms with van der Waals surface area (Å²) < 4.78 is 5.35. The summed E-state index contributed by atoms with van der Waals surface area (Å²) in [5.74, 6) is -0.716. The van der Waals surface area contributed by atoms with E-state index >= 15 is 0 Å². The van der Waals surface area contributed by atoms with E-state index < -0.39 is 12.0 Å². The van der Waals surface area contributed by atoms with Crippen LogP contribution in [0.3, 0.4) is 0 Å². The Kier molecular flexibility index (Phi) is 4.53. The fourth-order valence-corrected chi connectivity index (χ4v) is 3.15. The molecule has 1 atom stereocenters. The van der Waals surface area contributed by atoms with Gasteiger partial charge in [0, 0.05) is 32.7 Å². The molecular weight excluding hydrogens is 268 g/mol. The number of nitrogens with zero attached hydrogens (tertiary/aromatic N) is 2. The van der Waals surface area contributed by atoms with E-state index in [0.717, 1.165) is 45.9 Å². The van der Waals surface area contributed by atoms with E-state index in [2.05, 4.69) is 15.9 Å². The lowest BCUT2D eigenvalue weighted by molar-refractivity contribution is -0.144. The minimum atomic E-state index is -0.716. The number of rotatable bonds is 4. The quantitative estimate of drug-likeness (QED) is 0.890. The highest BCUT2D eigenvalue weighted by atomic mass is 16.5. The van der Waals surface area contributed by atoms with Crippen molar-refractivity contribution in [3.63, 3.8) is 0 Å². The van der Waals surface area contributed by atoms with Crippen LogP contribution in [-0.4, -0.2) is 66.3 Å². The molecule has 0 radical (unpaired) electrons. The number of carbonyl (C=O) groups is 1. The summed E-state index contributed by atoms with van der Waals surface area (Å²) >= 11 is 0. The van der Waals surface area contributed by atoms with Crippen LogP contribution < -0.4 is 0 Å². The summed E-state index contributed by atoms with van der Waals surface area (Å²) in [7, 11) is 0. The van der Waals surface area contributed by atoms with Crippen LogP contribution in [0.5, 0.6) is 0 Å². The summed E-state index contributed by atoms with van der Waals surface area (Å²) in [5, 5.41) is 9.50. The first-order valence-electron chi connectivity index (χ1n) is 7.58. The number of ether oxygens (including phenoxy) is 1. The van der Waals surface area contributed by atoms with Crippen molar-refractivity contribution >= 4 is 5.97 Å². The summed E-state index contributed by atoms with van der Waals surface area (Å²) in [6.07, 6.45) is 0.606. The third-order valence-corrected chi connectivity index (χ3v) is 4.44. The van der Waals surface area contributed by atoms with E-state index in [0.29, 0.717) is 6.42 Å². The molecule has 114 valence electrons. The number of fused-ring (bicyclic) bond motifs is 1. The van der Waals surface area contributed by atoms with Crippen LogP contribution in [0.15, 0.2) is 24.3 Å². The maximum atomic E-state index is 11.6. The lowest BCUT2D eigenvalue weighted by Crippen LogP contribution is -2.49. The predicted octanol–water partition coefficient (Wildman–Crippen LogP) is 0.830. The average Bonchev–Trinajstić information content (AvgIpc) is 2.53. The van der Waals surface area contributed by atoms with Gasteiger partial charge in [-0.1, -0.05) is 24.3 Å². The van der Waals surface area contributed by atoms with Crippen LogP contribution in [0.2, 0.25) is 0 Å². The maximum Gasteiger partial charge on any atom is 0.321 e. The lowest BCUT2D eigenvalue weighted by atomic mass is 9.94. The summed E-state index contributed by atoms with van der Waals surface area (Å²) in [6.45, 7) is 5.90. The number of hydrogen-bond acceptors (Lipinski definition) is 4. The standard InChI is InChI=1S/C16H22N2O3/c19-16(20)15-11-13-3-1-2-4-14(13)12-18(15)6-5-17-7-9-21-10-8-17/h1-4,15H,5-12H2,(H,19,20). The van der Waals surface area contributed by atoms with Gasteiger partial charge in [0.25, 0.3) is 0 Å². The molecule has 1 N–H and O–H groups in total. The van der Waals surface area contributed by atoms with Crippen molar-refractivity contribution in [1.82, 2.24) is 9.80 Å². The van der Waals surface area contributed by atoms with Crippen LogP contribution in [0.4, 0.5) is 0 Å². The number of aliphatic carboxylic acids is 1. The molecule has 0 bridgehead atoms. The second-order valence-electron chi connectivity index (χ2n) is 5.75. The van der Waals surface area contributed by atoms with E-state index in [4.69, 9.17) is 4.74 Å². The van der Waals surface area contributed by atoms with Gasteiger partial charge in [0.2, 0.25) is 0 Å². The van der Waals surface area contributed by atoms with E-state index in [9.17, 15) is 9.90 Å². The number of hydrogen-bond donors (Lipinski definition) is 1. The lowest BCUT2D eigenvalue weighted by Gasteiger charge is -2.36. The van der Waals surface area contributed by atoms with Crippen LogP contribution >= 0.6 is 0 Å². The molecule has 1 aromatic carbocycles. The Bertz CT molecular complexity index is 500. The molecule has 2 heterocycles. The van der Waals surface area contributed by atoms with Crippen molar-refractivity contribution in [3.8, 4) is 0 Å². The normalized spacial score (nSPS) is 23.7. The summed E-state index contributed by atoms with van der Waals surface area (Å²) in [5.41, 5.74) is 2.43. The largest absolute Gasteiger partial charge is 0.480 e. The Hall–Kier alpha value is -1.43. The molecular formula is C16H22N2O3. The van der Waals surface area contributed by atoms with Gasteiger partial charge >= 0.3 is 5.97 Å². The number of benzene rings is 1. The Labute approximate surface area is 125 Å². The van der Waals surface area contributed by atoms with Gasteiger partial charge in [-0.2, -0.15) is 0 Å². The molecule has 2 aliphatic heterocycles. The third kappa shape index (κ3) is 3.43. The Morgan fingerprint density at radius 2 is 1.90 bits per heavy atom. The van der Waals surface area contributed by atoms with Crippen molar-refractivity contribution in [3.05, 3.63) is 35.4 Å². The first-order chi connectivity index (χ1) is 10.2. The second kappa shape index (κ2) is 6.56. The van der Waals surface area contributed by atoms with Gasteiger partial charge in [-0.15, -0.1) is 0 Å². The zero-order chi connectivity index (χ0) is 14.7. The Morgan fingerprint density at radius 1 is 1.19 bits per heavy atom. The van der Waals surface area contributed by atoms with Gasteiger partial charge in [0.1, 0.15) is 6.04 Å². The molecule has 0 spiro atoms. The summed E-state index contributed by atoms with van der Waals surface area (Å²) in [4.78, 5) is 16.0. The smallest absolute Gasteiger partial charge is 0.321 e. The van der Waals surface area contributed by atoms with E-state index in [1.165, 1.54) is 11.1 Å². The van der Waals surface area contributed by atoms with Crippen molar-refractivity contribution in [1.29, 1.82) is 0 Å². The Morgan fingerprint density at radius 3 is 2.62 bits per heavy atom. The van der Waals surface area contributed by atoms with E-state index in [-0.39, 0.29) is 0 Å². The number of carboxylic acids is 1. The Balaban J connectivity index is 1.66. The predicted molar refractivity (Wildman–Crippen MR) is 79.2 cm³/mol.